The van der Waals surface area contributed by atoms with E-state index in [1.54, 1.807) is 25.1 Å². The van der Waals surface area contributed by atoms with Gasteiger partial charge < -0.3 is 10.3 Å². The maximum atomic E-state index is 13.9. The van der Waals surface area contributed by atoms with Crippen molar-refractivity contribution < 1.29 is 9.18 Å². The van der Waals surface area contributed by atoms with Crippen LogP contribution in [0.3, 0.4) is 0 Å². The number of hydrogen-bond donors (Lipinski definition) is 2. The summed E-state index contributed by atoms with van der Waals surface area (Å²) in [6, 6.07) is 8.95. The van der Waals surface area contributed by atoms with Crippen LogP contribution in [-0.4, -0.2) is 17.4 Å². The van der Waals surface area contributed by atoms with Crippen LogP contribution in [0.5, 0.6) is 0 Å². The zero-order valence-corrected chi connectivity index (χ0v) is 12.1. The molecule has 0 aliphatic carbocycles. The van der Waals surface area contributed by atoms with E-state index in [0.717, 1.165) is 0 Å². The van der Waals surface area contributed by atoms with Crippen LogP contribution in [0.4, 0.5) is 15.9 Å². The molecule has 2 aromatic rings. The first kappa shape index (κ1) is 15.2. The Morgan fingerprint density at radius 1 is 1.43 bits per heavy atom. The molecule has 0 atom stereocenters. The van der Waals surface area contributed by atoms with E-state index in [-0.39, 0.29) is 28.1 Å². The average molecular weight is 309 g/mol. The monoisotopic (exact) mass is 308 g/mol. The van der Waals surface area contributed by atoms with Gasteiger partial charge in [-0.15, -0.1) is 0 Å². The fourth-order valence-electron chi connectivity index (χ4n) is 1.94. The van der Waals surface area contributed by atoms with E-state index in [0.29, 0.717) is 6.54 Å². The summed E-state index contributed by atoms with van der Waals surface area (Å²) in [6.45, 7) is 2.07. The van der Waals surface area contributed by atoms with E-state index in [1.807, 2.05) is 0 Å². The number of rotatable bonds is 4. The summed E-state index contributed by atoms with van der Waals surface area (Å²) in [4.78, 5) is 17.8. The van der Waals surface area contributed by atoms with Gasteiger partial charge >= 0.3 is 0 Å². The highest BCUT2D eigenvalue weighted by molar-refractivity contribution is 6.30. The minimum absolute atomic E-state index is 0.124. The number of nitrogen functional groups attached to an aromatic ring is 1. The van der Waals surface area contributed by atoms with Crippen molar-refractivity contribution >= 4 is 29.0 Å². The van der Waals surface area contributed by atoms with Gasteiger partial charge in [-0.05, 0) is 31.2 Å². The molecule has 0 bridgehead atoms. The number of anilines is 2. The van der Waals surface area contributed by atoms with Crippen molar-refractivity contribution in [1.29, 1.82) is 0 Å². The molecule has 0 aliphatic heterocycles. The molecule has 1 heterocycles. The minimum Gasteiger partial charge on any atom is -0.308 e. The maximum absolute atomic E-state index is 13.9. The Morgan fingerprint density at radius 2 is 2.14 bits per heavy atom. The number of carbonyl (C=O) groups excluding carboxylic acids is 1. The van der Waals surface area contributed by atoms with Gasteiger partial charge in [0.15, 0.2) is 0 Å². The summed E-state index contributed by atoms with van der Waals surface area (Å²) >= 11 is 5.85. The van der Waals surface area contributed by atoms with Gasteiger partial charge in [0, 0.05) is 12.1 Å². The molecule has 21 heavy (non-hydrogen) atoms. The highest BCUT2D eigenvalue weighted by Crippen LogP contribution is 2.22. The summed E-state index contributed by atoms with van der Waals surface area (Å²) < 4.78 is 13.9. The molecule has 5 nitrogen and oxygen atoms in total. The summed E-state index contributed by atoms with van der Waals surface area (Å²) in [5.74, 6) is 4.68. The number of para-hydroxylation sites is 1. The Morgan fingerprint density at radius 3 is 2.76 bits per heavy atom. The molecule has 0 unspecified atom stereocenters. The second-order valence-corrected chi connectivity index (χ2v) is 4.60. The Labute approximate surface area is 126 Å². The van der Waals surface area contributed by atoms with Crippen molar-refractivity contribution in [2.75, 3.05) is 16.9 Å². The van der Waals surface area contributed by atoms with Crippen molar-refractivity contribution in [3.05, 3.63) is 52.9 Å². The van der Waals surface area contributed by atoms with Gasteiger partial charge in [0.2, 0.25) is 0 Å². The van der Waals surface area contributed by atoms with Crippen LogP contribution in [0.15, 0.2) is 36.4 Å². The van der Waals surface area contributed by atoms with Crippen molar-refractivity contribution in [1.82, 2.24) is 4.98 Å². The number of hydrazine groups is 1. The van der Waals surface area contributed by atoms with E-state index < -0.39 is 5.82 Å². The van der Waals surface area contributed by atoms with Gasteiger partial charge in [0.05, 0.1) is 5.69 Å². The molecule has 0 saturated heterocycles. The molecule has 0 aliphatic rings. The van der Waals surface area contributed by atoms with E-state index in [9.17, 15) is 9.18 Å². The van der Waals surface area contributed by atoms with Crippen LogP contribution in [0, 0.1) is 5.82 Å². The predicted octanol–water partition coefficient (Wildman–Crippen LogP) is 2.83. The largest absolute Gasteiger partial charge is 0.308 e. The number of nitrogens with zero attached hydrogens (tertiary/aromatic N) is 2. The summed E-state index contributed by atoms with van der Waals surface area (Å²) in [6.07, 6.45) is 0. The number of amides is 1. The topological polar surface area (TPSA) is 71.2 Å². The van der Waals surface area contributed by atoms with Gasteiger partial charge in [-0.3, -0.25) is 4.79 Å². The first-order chi connectivity index (χ1) is 10.1. The Bertz CT molecular complexity index is 665. The second kappa shape index (κ2) is 6.51. The van der Waals surface area contributed by atoms with Gasteiger partial charge in [0.1, 0.15) is 16.8 Å². The third kappa shape index (κ3) is 3.29. The Balaban J connectivity index is 2.41. The van der Waals surface area contributed by atoms with Crippen molar-refractivity contribution in [3.63, 3.8) is 0 Å². The minimum atomic E-state index is -0.468. The molecule has 110 valence electrons. The number of hydrogen-bond acceptors (Lipinski definition) is 4. The Hall–Kier alpha value is -2.18. The smallest absolute Gasteiger partial charge is 0.258 e. The van der Waals surface area contributed by atoms with Crippen LogP contribution in [-0.2, 0) is 0 Å². The van der Waals surface area contributed by atoms with E-state index >= 15 is 0 Å². The summed E-state index contributed by atoms with van der Waals surface area (Å²) in [5.41, 5.74) is 2.81. The van der Waals surface area contributed by atoms with Crippen molar-refractivity contribution in [3.8, 4) is 0 Å². The highest BCUT2D eigenvalue weighted by atomic mass is 35.5. The molecule has 1 amide bonds. The number of nitrogens with one attached hydrogen (secondary N) is 1. The van der Waals surface area contributed by atoms with E-state index in [4.69, 9.17) is 17.4 Å². The molecular weight excluding hydrogens is 295 g/mol. The standard InChI is InChI=1S/C14H14ClFN4O/c1-2-20(11-6-4-3-5-10(11)16)14(21)9-7-12(15)18-13(8-9)19-17/h3-8H,2,17H2,1H3,(H,18,19). The van der Waals surface area contributed by atoms with Crippen LogP contribution < -0.4 is 16.2 Å². The van der Waals surface area contributed by atoms with E-state index in [1.165, 1.54) is 23.1 Å². The molecule has 3 N–H and O–H groups in total. The number of pyridine rings is 1. The van der Waals surface area contributed by atoms with Crippen molar-refractivity contribution in [2.24, 2.45) is 5.84 Å². The van der Waals surface area contributed by atoms with Crippen LogP contribution in [0.25, 0.3) is 0 Å². The predicted molar refractivity (Wildman–Crippen MR) is 80.8 cm³/mol. The number of nitrogens with two attached hydrogens (primary N) is 1. The number of aromatic nitrogens is 1. The highest BCUT2D eigenvalue weighted by Gasteiger charge is 2.20. The fraction of sp³-hybridized carbons (Fsp3) is 0.143. The third-order valence-corrected chi connectivity index (χ3v) is 3.09. The third-order valence-electron chi connectivity index (χ3n) is 2.89. The van der Waals surface area contributed by atoms with Gasteiger partial charge in [-0.25, -0.2) is 15.2 Å². The average Bonchev–Trinajstić information content (AvgIpc) is 2.49. The number of carbonyl (C=O) groups is 1. The lowest BCUT2D eigenvalue weighted by Crippen LogP contribution is -2.31. The molecule has 1 aromatic heterocycles. The zero-order valence-electron chi connectivity index (χ0n) is 11.3. The number of benzene rings is 1. The van der Waals surface area contributed by atoms with Crippen LogP contribution in [0.2, 0.25) is 5.15 Å². The van der Waals surface area contributed by atoms with Crippen LogP contribution >= 0.6 is 11.6 Å². The molecule has 0 fully saturated rings. The molecule has 2 rings (SSSR count). The number of halogens is 2. The maximum Gasteiger partial charge on any atom is 0.258 e. The lowest BCUT2D eigenvalue weighted by atomic mass is 10.2. The van der Waals surface area contributed by atoms with E-state index in [2.05, 4.69) is 10.4 Å². The first-order valence-electron chi connectivity index (χ1n) is 6.27. The van der Waals surface area contributed by atoms with Crippen LogP contribution in [0.1, 0.15) is 17.3 Å². The zero-order chi connectivity index (χ0) is 15.4. The van der Waals surface area contributed by atoms with Gasteiger partial charge in [-0.2, -0.15) is 0 Å². The second-order valence-electron chi connectivity index (χ2n) is 4.21. The fourth-order valence-corrected chi connectivity index (χ4v) is 2.15. The normalized spacial score (nSPS) is 10.3. The first-order valence-corrected chi connectivity index (χ1v) is 6.65. The lowest BCUT2D eigenvalue weighted by molar-refractivity contribution is 0.0987. The SMILES string of the molecule is CCN(C(=O)c1cc(Cl)nc(NN)c1)c1ccccc1F. The summed E-state index contributed by atoms with van der Waals surface area (Å²) in [5, 5.41) is 0.124. The summed E-state index contributed by atoms with van der Waals surface area (Å²) in [7, 11) is 0. The molecule has 0 spiro atoms. The molecule has 0 saturated carbocycles. The molecular formula is C14H14ClFN4O. The Kier molecular flexibility index (Phi) is 4.72. The van der Waals surface area contributed by atoms with Gasteiger partial charge in [0.25, 0.3) is 5.91 Å². The molecule has 0 radical (unpaired) electrons. The van der Waals surface area contributed by atoms with Gasteiger partial charge in [-0.1, -0.05) is 23.7 Å². The van der Waals surface area contributed by atoms with Crippen molar-refractivity contribution in [2.45, 2.75) is 6.92 Å². The molecule has 7 heteroatoms. The lowest BCUT2D eigenvalue weighted by Gasteiger charge is -2.21. The molecule has 1 aromatic carbocycles. The quantitative estimate of drug-likeness (QED) is 0.517.